The number of likely N-dealkylation sites (tertiary alicyclic amines) is 1. The first-order valence-electron chi connectivity index (χ1n) is 10.1. The Kier molecular flexibility index (Phi) is 5.45. The number of carbonyl (C=O) groups excluding carboxylic acids is 2. The highest BCUT2D eigenvalue weighted by Crippen LogP contribution is 2.34. The zero-order valence-electron chi connectivity index (χ0n) is 16.0. The van der Waals surface area contributed by atoms with Crippen molar-refractivity contribution in [2.45, 2.75) is 63.1 Å². The van der Waals surface area contributed by atoms with Crippen molar-refractivity contribution in [1.82, 2.24) is 20.5 Å². The van der Waals surface area contributed by atoms with Crippen LogP contribution in [0.3, 0.4) is 0 Å². The van der Waals surface area contributed by atoms with Crippen molar-refractivity contribution in [3.05, 3.63) is 30.1 Å². The normalized spacial score (nSPS) is 24.7. The predicted octanol–water partition coefficient (Wildman–Crippen LogP) is 1.96. The maximum atomic E-state index is 12.6. The second-order valence-electron chi connectivity index (χ2n) is 7.99. The molecule has 1 aromatic rings. The molecule has 2 fully saturated rings. The summed E-state index contributed by atoms with van der Waals surface area (Å²) in [5, 5.41) is 10.0. The number of rotatable bonds is 4. The summed E-state index contributed by atoms with van der Waals surface area (Å²) >= 11 is 0. The average Bonchev–Trinajstić information content (AvgIpc) is 3.35. The van der Waals surface area contributed by atoms with E-state index in [2.05, 4.69) is 20.8 Å². The number of amides is 3. The van der Waals surface area contributed by atoms with E-state index >= 15 is 0 Å². The molecule has 8 nitrogen and oxygen atoms in total. The van der Waals surface area contributed by atoms with Crippen LogP contribution in [0, 0.1) is 0 Å². The van der Waals surface area contributed by atoms with Gasteiger partial charge < -0.3 is 20.4 Å². The van der Waals surface area contributed by atoms with Gasteiger partial charge in [0.2, 0.25) is 0 Å². The second kappa shape index (κ2) is 8.16. The molecule has 1 aromatic heterocycles. The fourth-order valence-corrected chi connectivity index (χ4v) is 4.18. The number of aromatic nitrogens is 1. The van der Waals surface area contributed by atoms with E-state index in [0.29, 0.717) is 38.2 Å². The van der Waals surface area contributed by atoms with Crippen molar-refractivity contribution in [1.29, 1.82) is 0 Å². The lowest BCUT2D eigenvalue weighted by Gasteiger charge is -2.27. The molecule has 2 aliphatic heterocycles. The number of urea groups is 1. The van der Waals surface area contributed by atoms with Gasteiger partial charge in [-0.15, -0.1) is 0 Å². The van der Waals surface area contributed by atoms with Crippen LogP contribution in [0.5, 0.6) is 0 Å². The summed E-state index contributed by atoms with van der Waals surface area (Å²) in [6.45, 7) is 1.49. The van der Waals surface area contributed by atoms with Crippen LogP contribution < -0.4 is 10.6 Å². The molecule has 3 heterocycles. The van der Waals surface area contributed by atoms with Gasteiger partial charge in [0.25, 0.3) is 5.91 Å². The Bertz CT molecular complexity index is 747. The average molecular weight is 385 g/mol. The highest BCUT2D eigenvalue weighted by molar-refractivity contribution is 6.39. The molecule has 3 aliphatic rings. The van der Waals surface area contributed by atoms with Crippen molar-refractivity contribution < 1.29 is 14.4 Å². The summed E-state index contributed by atoms with van der Waals surface area (Å²) in [6.07, 6.45) is 10.3. The molecule has 1 saturated heterocycles. The second-order valence-corrected chi connectivity index (χ2v) is 7.99. The number of pyridine rings is 1. The molecule has 3 amide bonds. The molecule has 1 spiro atoms. The minimum absolute atomic E-state index is 0.0261. The standard InChI is InChI=1S/C20H27N5O3/c26-18(22-13-15-5-4-9-21-12-15)17-11-20(28-24-17)8-10-25(14-20)19(27)23-16-6-2-1-3-7-16/h4-5,9,12,16H,1-3,6-8,10-11,13-14H2,(H,22,26)(H,23,27). The Balaban J connectivity index is 1.26. The van der Waals surface area contributed by atoms with Crippen LogP contribution in [-0.2, 0) is 16.2 Å². The number of hydrogen-bond donors (Lipinski definition) is 2. The fraction of sp³-hybridized carbons (Fsp3) is 0.600. The van der Waals surface area contributed by atoms with Crippen LogP contribution in [0.4, 0.5) is 4.79 Å². The summed E-state index contributed by atoms with van der Waals surface area (Å²) in [5.74, 6) is -0.231. The van der Waals surface area contributed by atoms with Crippen LogP contribution in [0.1, 0.15) is 50.5 Å². The van der Waals surface area contributed by atoms with Crippen LogP contribution >= 0.6 is 0 Å². The van der Waals surface area contributed by atoms with Crippen molar-refractivity contribution in [3.63, 3.8) is 0 Å². The predicted molar refractivity (Wildman–Crippen MR) is 104 cm³/mol. The van der Waals surface area contributed by atoms with Gasteiger partial charge in [0.1, 0.15) is 5.71 Å². The molecule has 2 N–H and O–H groups in total. The Hall–Kier alpha value is -2.64. The SMILES string of the molecule is O=C(NCc1cccnc1)C1=NOC2(CCN(C(=O)NC3CCCCC3)C2)C1. The molecule has 0 radical (unpaired) electrons. The third kappa shape index (κ3) is 4.26. The number of nitrogens with zero attached hydrogens (tertiary/aromatic N) is 3. The van der Waals surface area contributed by atoms with Gasteiger partial charge in [0.05, 0.1) is 6.54 Å². The minimum atomic E-state index is -0.565. The van der Waals surface area contributed by atoms with Crippen LogP contribution in [0.15, 0.2) is 29.7 Å². The number of hydrogen-bond acceptors (Lipinski definition) is 5. The van der Waals surface area contributed by atoms with E-state index in [1.807, 2.05) is 12.1 Å². The van der Waals surface area contributed by atoms with Crippen molar-refractivity contribution in [3.8, 4) is 0 Å². The smallest absolute Gasteiger partial charge is 0.317 e. The maximum absolute atomic E-state index is 12.6. The molecule has 4 rings (SSSR count). The molecule has 150 valence electrons. The molecule has 28 heavy (non-hydrogen) atoms. The number of oxime groups is 1. The van der Waals surface area contributed by atoms with Crippen LogP contribution in [0.2, 0.25) is 0 Å². The molecule has 1 unspecified atom stereocenters. The molecule has 1 atom stereocenters. The fourth-order valence-electron chi connectivity index (χ4n) is 4.18. The topological polar surface area (TPSA) is 95.9 Å². The van der Waals surface area contributed by atoms with E-state index < -0.39 is 5.60 Å². The van der Waals surface area contributed by atoms with Gasteiger partial charge in [0, 0.05) is 44.4 Å². The first kappa shape index (κ1) is 18.7. The molecule has 1 saturated carbocycles. The summed E-state index contributed by atoms with van der Waals surface area (Å²) in [5.41, 5.74) is 0.750. The third-order valence-electron chi connectivity index (χ3n) is 5.81. The lowest BCUT2D eigenvalue weighted by molar-refractivity contribution is -0.115. The summed E-state index contributed by atoms with van der Waals surface area (Å²) < 4.78 is 0. The van der Waals surface area contributed by atoms with E-state index in [-0.39, 0.29) is 18.0 Å². The van der Waals surface area contributed by atoms with Gasteiger partial charge in [-0.1, -0.05) is 30.5 Å². The third-order valence-corrected chi connectivity index (χ3v) is 5.81. The Morgan fingerprint density at radius 3 is 2.93 bits per heavy atom. The van der Waals surface area contributed by atoms with Gasteiger partial charge in [0.15, 0.2) is 5.60 Å². The van der Waals surface area contributed by atoms with Gasteiger partial charge in [-0.2, -0.15) is 0 Å². The Morgan fingerprint density at radius 2 is 2.14 bits per heavy atom. The van der Waals surface area contributed by atoms with E-state index in [9.17, 15) is 9.59 Å². The van der Waals surface area contributed by atoms with Crippen molar-refractivity contribution in [2.75, 3.05) is 13.1 Å². The zero-order valence-corrected chi connectivity index (χ0v) is 16.0. The lowest BCUT2D eigenvalue weighted by atomic mass is 9.95. The highest BCUT2D eigenvalue weighted by Gasteiger charge is 2.48. The zero-order chi connectivity index (χ0) is 19.4. The van der Waals surface area contributed by atoms with Crippen LogP contribution in [0.25, 0.3) is 0 Å². The summed E-state index contributed by atoms with van der Waals surface area (Å²) in [7, 11) is 0. The minimum Gasteiger partial charge on any atom is -0.386 e. The Morgan fingerprint density at radius 1 is 1.29 bits per heavy atom. The molecule has 0 aromatic carbocycles. The first-order chi connectivity index (χ1) is 13.6. The molecule has 1 aliphatic carbocycles. The van der Waals surface area contributed by atoms with Gasteiger partial charge >= 0.3 is 6.03 Å². The van der Waals surface area contributed by atoms with E-state index in [1.54, 1.807) is 17.3 Å². The largest absolute Gasteiger partial charge is 0.386 e. The van der Waals surface area contributed by atoms with Gasteiger partial charge in [-0.25, -0.2) is 4.79 Å². The van der Waals surface area contributed by atoms with E-state index in [4.69, 9.17) is 4.84 Å². The van der Waals surface area contributed by atoms with Gasteiger partial charge in [-0.3, -0.25) is 9.78 Å². The molecule has 0 bridgehead atoms. The highest BCUT2D eigenvalue weighted by atomic mass is 16.7. The maximum Gasteiger partial charge on any atom is 0.317 e. The number of carbonyl (C=O) groups is 2. The van der Waals surface area contributed by atoms with E-state index in [1.165, 1.54) is 19.3 Å². The van der Waals surface area contributed by atoms with Crippen molar-refractivity contribution in [2.24, 2.45) is 5.16 Å². The molecular formula is C20H27N5O3. The number of nitrogens with one attached hydrogen (secondary N) is 2. The van der Waals surface area contributed by atoms with Crippen LogP contribution in [-0.4, -0.2) is 52.3 Å². The van der Waals surface area contributed by atoms with Gasteiger partial charge in [-0.05, 0) is 24.5 Å². The van der Waals surface area contributed by atoms with Crippen molar-refractivity contribution >= 4 is 17.6 Å². The molecule has 8 heteroatoms. The summed E-state index contributed by atoms with van der Waals surface area (Å²) in [4.78, 5) is 36.4. The van der Waals surface area contributed by atoms with E-state index in [0.717, 1.165) is 18.4 Å². The molecular weight excluding hydrogens is 358 g/mol. The first-order valence-corrected chi connectivity index (χ1v) is 10.1. The summed E-state index contributed by atoms with van der Waals surface area (Å²) in [6, 6.07) is 3.99. The lowest BCUT2D eigenvalue weighted by Crippen LogP contribution is -2.46. The quantitative estimate of drug-likeness (QED) is 0.828. The monoisotopic (exact) mass is 385 g/mol. The Labute approximate surface area is 164 Å².